The van der Waals surface area contributed by atoms with E-state index in [-0.39, 0.29) is 11.7 Å². The number of aromatic nitrogens is 3. The highest BCUT2D eigenvalue weighted by Crippen LogP contribution is 2.28. The Morgan fingerprint density at radius 1 is 1.30 bits per heavy atom. The number of rotatable bonds is 6. The number of aromatic amines is 1. The molecule has 0 fully saturated rings. The van der Waals surface area contributed by atoms with E-state index in [0.29, 0.717) is 28.0 Å². The molecule has 2 aromatic carbocycles. The molecule has 0 aliphatic heterocycles. The Morgan fingerprint density at radius 3 is 2.81 bits per heavy atom. The third-order valence-electron chi connectivity index (χ3n) is 3.86. The summed E-state index contributed by atoms with van der Waals surface area (Å²) in [4.78, 5) is 16.8. The number of ether oxygens (including phenoxy) is 1. The van der Waals surface area contributed by atoms with Crippen molar-refractivity contribution in [1.29, 1.82) is 0 Å². The van der Waals surface area contributed by atoms with Gasteiger partial charge in [-0.05, 0) is 43.7 Å². The van der Waals surface area contributed by atoms with E-state index in [4.69, 9.17) is 4.74 Å². The van der Waals surface area contributed by atoms with E-state index in [1.165, 1.54) is 17.8 Å². The zero-order valence-corrected chi connectivity index (χ0v) is 15.9. The van der Waals surface area contributed by atoms with Crippen LogP contribution in [0.3, 0.4) is 0 Å². The molecule has 2 N–H and O–H groups in total. The first kappa shape index (κ1) is 18.9. The van der Waals surface area contributed by atoms with E-state index in [1.54, 1.807) is 38.3 Å². The molecule has 6 nitrogen and oxygen atoms in total. The van der Waals surface area contributed by atoms with Crippen LogP contribution in [0.5, 0.6) is 5.75 Å². The number of methoxy groups -OCH3 is 1. The van der Waals surface area contributed by atoms with Gasteiger partial charge in [0.1, 0.15) is 11.6 Å². The lowest BCUT2D eigenvalue weighted by Gasteiger charge is -2.13. The van der Waals surface area contributed by atoms with Crippen molar-refractivity contribution < 1.29 is 13.9 Å². The summed E-state index contributed by atoms with van der Waals surface area (Å²) in [5, 5.41) is 9.54. The van der Waals surface area contributed by atoms with Gasteiger partial charge >= 0.3 is 0 Å². The van der Waals surface area contributed by atoms with Crippen LogP contribution in [-0.2, 0) is 4.79 Å². The van der Waals surface area contributed by atoms with Crippen molar-refractivity contribution in [2.24, 2.45) is 0 Å². The number of benzene rings is 2. The van der Waals surface area contributed by atoms with Crippen LogP contribution in [0, 0.1) is 12.7 Å². The second kappa shape index (κ2) is 8.22. The number of carbonyl (C=O) groups is 1. The number of nitrogens with zero attached hydrogens (tertiary/aromatic N) is 2. The molecule has 0 bridgehead atoms. The predicted molar refractivity (Wildman–Crippen MR) is 103 cm³/mol. The lowest BCUT2D eigenvalue weighted by molar-refractivity contribution is -0.115. The van der Waals surface area contributed by atoms with Crippen molar-refractivity contribution in [3.05, 3.63) is 53.8 Å². The Kier molecular flexibility index (Phi) is 5.75. The zero-order valence-electron chi connectivity index (χ0n) is 15.1. The minimum atomic E-state index is -0.459. The molecule has 0 aliphatic rings. The van der Waals surface area contributed by atoms with Crippen molar-refractivity contribution in [3.63, 3.8) is 0 Å². The maximum atomic E-state index is 13.9. The van der Waals surface area contributed by atoms with Gasteiger partial charge < -0.3 is 10.1 Å². The number of amides is 1. The molecular weight excluding hydrogens is 367 g/mol. The van der Waals surface area contributed by atoms with Crippen LogP contribution in [0.25, 0.3) is 11.4 Å². The Hall–Kier alpha value is -2.87. The maximum Gasteiger partial charge on any atom is 0.237 e. The summed E-state index contributed by atoms with van der Waals surface area (Å²) in [5.74, 6) is 0.318. The van der Waals surface area contributed by atoms with Crippen molar-refractivity contribution in [2.45, 2.75) is 24.3 Å². The summed E-state index contributed by atoms with van der Waals surface area (Å²) in [6.45, 7) is 3.69. The van der Waals surface area contributed by atoms with Gasteiger partial charge in [0, 0.05) is 0 Å². The first-order valence-electron chi connectivity index (χ1n) is 8.27. The quantitative estimate of drug-likeness (QED) is 0.625. The van der Waals surface area contributed by atoms with Crippen molar-refractivity contribution in [1.82, 2.24) is 15.2 Å². The summed E-state index contributed by atoms with van der Waals surface area (Å²) in [7, 11) is 1.55. The molecule has 0 spiro atoms. The molecule has 1 atom stereocenters. The van der Waals surface area contributed by atoms with Crippen LogP contribution in [-0.4, -0.2) is 33.4 Å². The molecule has 0 saturated carbocycles. The number of halogens is 1. The fourth-order valence-electron chi connectivity index (χ4n) is 2.44. The fraction of sp³-hybridized carbons (Fsp3) is 0.211. The van der Waals surface area contributed by atoms with E-state index >= 15 is 0 Å². The van der Waals surface area contributed by atoms with Gasteiger partial charge in [-0.15, -0.1) is 5.10 Å². The average molecular weight is 386 g/mol. The van der Waals surface area contributed by atoms with Crippen LogP contribution in [0.4, 0.5) is 10.1 Å². The van der Waals surface area contributed by atoms with Gasteiger partial charge in [-0.2, -0.15) is 0 Å². The molecule has 0 aliphatic carbocycles. The summed E-state index contributed by atoms with van der Waals surface area (Å²) < 4.78 is 19.1. The number of carbonyl (C=O) groups excluding carboxylic acids is 1. The summed E-state index contributed by atoms with van der Waals surface area (Å²) in [6.07, 6.45) is 0. The predicted octanol–water partition coefficient (Wildman–Crippen LogP) is 4.05. The first-order valence-corrected chi connectivity index (χ1v) is 9.15. The minimum Gasteiger partial charge on any atom is -0.495 e. The molecule has 3 aromatic rings. The second-order valence-electron chi connectivity index (χ2n) is 5.90. The summed E-state index contributed by atoms with van der Waals surface area (Å²) in [5.41, 5.74) is 1.95. The van der Waals surface area contributed by atoms with Crippen molar-refractivity contribution >= 4 is 23.4 Å². The third-order valence-corrected chi connectivity index (χ3v) is 4.82. The van der Waals surface area contributed by atoms with Gasteiger partial charge in [0.25, 0.3) is 0 Å². The molecule has 8 heteroatoms. The Balaban J connectivity index is 1.69. The lowest BCUT2D eigenvalue weighted by Crippen LogP contribution is -2.22. The van der Waals surface area contributed by atoms with Crippen LogP contribution in [0.2, 0.25) is 0 Å². The maximum absolute atomic E-state index is 13.9. The Morgan fingerprint density at radius 2 is 2.07 bits per heavy atom. The van der Waals surface area contributed by atoms with Crippen molar-refractivity contribution in [2.75, 3.05) is 12.4 Å². The Bertz CT molecular complexity index is 960. The van der Waals surface area contributed by atoms with E-state index in [1.807, 2.05) is 19.1 Å². The van der Waals surface area contributed by atoms with Gasteiger partial charge in [-0.25, -0.2) is 9.37 Å². The van der Waals surface area contributed by atoms with Gasteiger partial charge in [0.15, 0.2) is 5.82 Å². The van der Waals surface area contributed by atoms with Gasteiger partial charge in [0.2, 0.25) is 11.1 Å². The average Bonchev–Trinajstić information content (AvgIpc) is 3.10. The number of aryl methyl sites for hydroxylation is 1. The van der Waals surface area contributed by atoms with E-state index in [2.05, 4.69) is 20.5 Å². The number of nitrogens with one attached hydrogen (secondary N) is 2. The largest absolute Gasteiger partial charge is 0.495 e. The molecule has 1 unspecified atom stereocenters. The summed E-state index contributed by atoms with van der Waals surface area (Å²) >= 11 is 1.18. The molecule has 140 valence electrons. The van der Waals surface area contributed by atoms with Crippen LogP contribution in [0.15, 0.2) is 47.6 Å². The molecule has 3 rings (SSSR count). The molecule has 1 aromatic heterocycles. The molecule has 1 heterocycles. The van der Waals surface area contributed by atoms with E-state index in [9.17, 15) is 9.18 Å². The fourth-order valence-corrected chi connectivity index (χ4v) is 3.16. The molecular formula is C19H19FN4O2S. The topological polar surface area (TPSA) is 79.9 Å². The first-order chi connectivity index (χ1) is 13.0. The number of hydrogen-bond donors (Lipinski definition) is 2. The van der Waals surface area contributed by atoms with Gasteiger partial charge in [-0.1, -0.05) is 30.0 Å². The number of anilines is 1. The van der Waals surface area contributed by atoms with Gasteiger partial charge in [0.05, 0.1) is 23.6 Å². The molecule has 0 saturated heterocycles. The number of thioether (sulfide) groups is 1. The second-order valence-corrected chi connectivity index (χ2v) is 7.21. The normalized spacial score (nSPS) is 11.9. The smallest absolute Gasteiger partial charge is 0.237 e. The highest BCUT2D eigenvalue weighted by atomic mass is 32.2. The van der Waals surface area contributed by atoms with Crippen LogP contribution in [0.1, 0.15) is 12.5 Å². The van der Waals surface area contributed by atoms with Crippen molar-refractivity contribution in [3.8, 4) is 17.1 Å². The number of H-pyrrole nitrogens is 1. The minimum absolute atomic E-state index is 0.207. The Labute approximate surface area is 160 Å². The number of hydrogen-bond acceptors (Lipinski definition) is 5. The zero-order chi connectivity index (χ0) is 19.4. The third kappa shape index (κ3) is 4.46. The monoisotopic (exact) mass is 386 g/mol. The van der Waals surface area contributed by atoms with E-state index in [0.717, 1.165) is 5.56 Å². The van der Waals surface area contributed by atoms with Crippen LogP contribution < -0.4 is 10.1 Å². The lowest BCUT2D eigenvalue weighted by atomic mass is 10.2. The van der Waals surface area contributed by atoms with Crippen LogP contribution >= 0.6 is 11.8 Å². The molecule has 1 amide bonds. The SMILES string of the molecule is COc1ccc(C)cc1NC(=O)C(C)Sc1n[nH]c(-c2ccccc2F)n1. The van der Waals surface area contributed by atoms with E-state index < -0.39 is 5.25 Å². The standard InChI is InChI=1S/C19H19FN4O2S/c1-11-8-9-16(26-3)15(10-11)21-18(25)12(2)27-19-22-17(23-24-19)13-6-4-5-7-14(13)20/h4-10,12H,1-3H3,(H,21,25)(H,22,23,24). The molecule has 27 heavy (non-hydrogen) atoms. The van der Waals surface area contributed by atoms with Gasteiger partial charge in [-0.3, -0.25) is 9.89 Å². The highest BCUT2D eigenvalue weighted by Gasteiger charge is 2.19. The summed E-state index contributed by atoms with van der Waals surface area (Å²) in [6, 6.07) is 11.9. The molecule has 0 radical (unpaired) electrons. The highest BCUT2D eigenvalue weighted by molar-refractivity contribution is 8.00.